The molecule has 130 valence electrons. The van der Waals surface area contributed by atoms with Crippen molar-refractivity contribution in [3.8, 4) is 0 Å². The number of amides is 1. The van der Waals surface area contributed by atoms with Crippen LogP contribution in [0, 0.1) is 6.92 Å². The number of aromatic amines is 1. The predicted molar refractivity (Wildman–Crippen MR) is 87.4 cm³/mol. The summed E-state index contributed by atoms with van der Waals surface area (Å²) >= 11 is 0. The maximum atomic E-state index is 12.7. The lowest BCUT2D eigenvalue weighted by atomic mass is 10.2. The molecule has 0 aliphatic carbocycles. The number of H-pyrrole nitrogens is 1. The highest BCUT2D eigenvalue weighted by Gasteiger charge is 2.31. The van der Waals surface area contributed by atoms with Crippen LogP contribution in [-0.4, -0.2) is 15.5 Å². The van der Waals surface area contributed by atoms with Gasteiger partial charge in [-0.3, -0.25) is 9.59 Å². The number of halogens is 3. The van der Waals surface area contributed by atoms with E-state index in [9.17, 15) is 22.8 Å². The lowest BCUT2D eigenvalue weighted by Gasteiger charge is -2.11. The van der Waals surface area contributed by atoms with Crippen LogP contribution in [0.25, 0.3) is 10.9 Å². The van der Waals surface area contributed by atoms with E-state index in [0.717, 1.165) is 27.2 Å². The second kappa shape index (κ2) is 6.12. The average molecular weight is 349 g/mol. The van der Waals surface area contributed by atoms with E-state index < -0.39 is 29.8 Å². The Morgan fingerprint density at radius 1 is 1.20 bits per heavy atom. The van der Waals surface area contributed by atoms with Crippen LogP contribution >= 0.6 is 0 Å². The highest BCUT2D eigenvalue weighted by atomic mass is 19.4. The van der Waals surface area contributed by atoms with E-state index in [0.29, 0.717) is 18.0 Å². The van der Waals surface area contributed by atoms with Gasteiger partial charge in [0.1, 0.15) is 6.54 Å². The third-order valence-electron chi connectivity index (χ3n) is 3.66. The second-order valence-electron chi connectivity index (χ2n) is 5.68. The topological polar surface area (TPSA) is 66.9 Å². The number of aryl methyl sites for hydroxylation is 1. The molecule has 0 saturated heterocycles. The van der Waals surface area contributed by atoms with Gasteiger partial charge in [-0.05, 0) is 37.3 Å². The molecule has 0 aliphatic rings. The first-order valence-electron chi connectivity index (χ1n) is 7.39. The number of fused-ring (bicyclic) bond motifs is 1. The van der Waals surface area contributed by atoms with Crippen LogP contribution in [0.5, 0.6) is 0 Å². The van der Waals surface area contributed by atoms with Crippen molar-refractivity contribution < 1.29 is 18.0 Å². The van der Waals surface area contributed by atoms with Crippen LogP contribution in [0.1, 0.15) is 11.3 Å². The molecule has 0 bridgehead atoms. The van der Waals surface area contributed by atoms with Crippen LogP contribution < -0.4 is 10.9 Å². The van der Waals surface area contributed by atoms with Crippen molar-refractivity contribution in [2.24, 2.45) is 0 Å². The number of nitrogens with one attached hydrogen (secondary N) is 2. The zero-order valence-electron chi connectivity index (χ0n) is 13.1. The van der Waals surface area contributed by atoms with E-state index in [-0.39, 0.29) is 0 Å². The SMILES string of the molecule is Cc1cc2cc(NC(=O)Cn3cc(C(F)(F)F)ccc3=O)ccc2[nH]1. The Balaban J connectivity index is 1.78. The van der Waals surface area contributed by atoms with Gasteiger partial charge < -0.3 is 14.9 Å². The van der Waals surface area contributed by atoms with Crippen LogP contribution in [0.3, 0.4) is 0 Å². The fourth-order valence-corrected chi connectivity index (χ4v) is 2.53. The molecule has 3 rings (SSSR count). The second-order valence-corrected chi connectivity index (χ2v) is 5.68. The number of hydrogen-bond donors (Lipinski definition) is 2. The molecule has 2 aromatic heterocycles. The van der Waals surface area contributed by atoms with Crippen LogP contribution in [0.15, 0.2) is 47.4 Å². The number of hydrogen-bond acceptors (Lipinski definition) is 2. The van der Waals surface area contributed by atoms with Gasteiger partial charge in [0.25, 0.3) is 5.56 Å². The average Bonchev–Trinajstić information content (AvgIpc) is 2.87. The fourth-order valence-electron chi connectivity index (χ4n) is 2.53. The molecule has 1 amide bonds. The summed E-state index contributed by atoms with van der Waals surface area (Å²) in [6, 6.07) is 8.59. The van der Waals surface area contributed by atoms with Crippen molar-refractivity contribution in [2.75, 3.05) is 5.32 Å². The summed E-state index contributed by atoms with van der Waals surface area (Å²) in [6.07, 6.45) is -3.94. The smallest absolute Gasteiger partial charge is 0.359 e. The summed E-state index contributed by atoms with van der Waals surface area (Å²) in [4.78, 5) is 26.9. The van der Waals surface area contributed by atoms with E-state index in [1.807, 2.05) is 13.0 Å². The molecule has 8 heteroatoms. The van der Waals surface area contributed by atoms with Gasteiger partial charge in [-0.2, -0.15) is 13.2 Å². The molecule has 0 unspecified atom stereocenters. The molecule has 2 N–H and O–H groups in total. The standard InChI is InChI=1S/C17H14F3N3O2/c1-10-6-11-7-13(3-4-14(11)21-10)22-15(24)9-23-8-12(17(18,19)20)2-5-16(23)25/h2-8,21H,9H2,1H3,(H,22,24). The van der Waals surface area contributed by atoms with Crippen molar-refractivity contribution in [1.82, 2.24) is 9.55 Å². The van der Waals surface area contributed by atoms with Crippen molar-refractivity contribution >= 4 is 22.5 Å². The van der Waals surface area contributed by atoms with E-state index in [1.54, 1.807) is 18.2 Å². The molecule has 2 heterocycles. The number of carbonyl (C=O) groups is 1. The number of alkyl halides is 3. The van der Waals surface area contributed by atoms with Gasteiger partial charge in [-0.1, -0.05) is 0 Å². The summed E-state index contributed by atoms with van der Waals surface area (Å²) in [5.74, 6) is -0.590. The van der Waals surface area contributed by atoms with Gasteiger partial charge in [0, 0.05) is 34.5 Å². The van der Waals surface area contributed by atoms with E-state index >= 15 is 0 Å². The van der Waals surface area contributed by atoms with Crippen molar-refractivity contribution in [2.45, 2.75) is 19.6 Å². The summed E-state index contributed by atoms with van der Waals surface area (Å²) in [5.41, 5.74) is 0.707. The number of carbonyl (C=O) groups excluding carboxylic acids is 1. The predicted octanol–water partition coefficient (Wildman–Crippen LogP) is 3.30. The first-order valence-corrected chi connectivity index (χ1v) is 7.39. The van der Waals surface area contributed by atoms with Crippen LogP contribution in [0.4, 0.5) is 18.9 Å². The Labute approximate surface area is 140 Å². The summed E-state index contributed by atoms with van der Waals surface area (Å²) < 4.78 is 38.9. The van der Waals surface area contributed by atoms with Gasteiger partial charge in [0.15, 0.2) is 0 Å². The number of aromatic nitrogens is 2. The Morgan fingerprint density at radius 2 is 1.96 bits per heavy atom. The van der Waals surface area contributed by atoms with E-state index in [2.05, 4.69) is 10.3 Å². The molecular weight excluding hydrogens is 335 g/mol. The highest BCUT2D eigenvalue weighted by molar-refractivity contribution is 5.93. The molecule has 0 atom stereocenters. The molecule has 5 nitrogen and oxygen atoms in total. The number of pyridine rings is 1. The molecule has 3 aromatic rings. The van der Waals surface area contributed by atoms with E-state index in [1.165, 1.54) is 0 Å². The van der Waals surface area contributed by atoms with Crippen molar-refractivity contribution in [1.29, 1.82) is 0 Å². The molecule has 25 heavy (non-hydrogen) atoms. The molecular formula is C17H14F3N3O2. The molecule has 0 spiro atoms. The number of benzene rings is 1. The van der Waals surface area contributed by atoms with Gasteiger partial charge >= 0.3 is 6.18 Å². The largest absolute Gasteiger partial charge is 0.417 e. The Morgan fingerprint density at radius 3 is 2.68 bits per heavy atom. The summed E-state index contributed by atoms with van der Waals surface area (Å²) in [7, 11) is 0. The first-order chi connectivity index (χ1) is 11.7. The third kappa shape index (κ3) is 3.73. The van der Waals surface area contributed by atoms with Gasteiger partial charge in [-0.15, -0.1) is 0 Å². The quantitative estimate of drug-likeness (QED) is 0.762. The molecule has 1 aromatic carbocycles. The minimum Gasteiger partial charge on any atom is -0.359 e. The zero-order chi connectivity index (χ0) is 18.2. The maximum absolute atomic E-state index is 12.7. The van der Waals surface area contributed by atoms with E-state index in [4.69, 9.17) is 0 Å². The van der Waals surface area contributed by atoms with Gasteiger partial charge in [-0.25, -0.2) is 0 Å². The van der Waals surface area contributed by atoms with Crippen molar-refractivity contribution in [3.63, 3.8) is 0 Å². The van der Waals surface area contributed by atoms with Crippen LogP contribution in [-0.2, 0) is 17.5 Å². The normalized spacial score (nSPS) is 11.7. The third-order valence-corrected chi connectivity index (χ3v) is 3.66. The Bertz CT molecular complexity index is 1000. The van der Waals surface area contributed by atoms with Gasteiger partial charge in [0.2, 0.25) is 5.91 Å². The maximum Gasteiger partial charge on any atom is 0.417 e. The number of anilines is 1. The monoisotopic (exact) mass is 349 g/mol. The first kappa shape index (κ1) is 16.8. The summed E-state index contributed by atoms with van der Waals surface area (Å²) in [6.45, 7) is 1.39. The van der Waals surface area contributed by atoms with Crippen molar-refractivity contribution in [3.05, 3.63) is 64.2 Å². The Hall–Kier alpha value is -3.03. The highest BCUT2D eigenvalue weighted by Crippen LogP contribution is 2.28. The molecule has 0 aliphatic heterocycles. The lowest BCUT2D eigenvalue weighted by molar-refractivity contribution is -0.138. The Kier molecular flexibility index (Phi) is 4.12. The molecule has 0 radical (unpaired) electrons. The summed E-state index contributed by atoms with van der Waals surface area (Å²) in [5, 5.41) is 3.48. The minimum atomic E-state index is -4.58. The number of nitrogens with zero attached hydrogens (tertiary/aromatic N) is 1. The van der Waals surface area contributed by atoms with Crippen LogP contribution in [0.2, 0.25) is 0 Å². The zero-order valence-corrected chi connectivity index (χ0v) is 13.1. The fraction of sp³-hybridized carbons (Fsp3) is 0.176. The minimum absolute atomic E-state index is 0.497. The molecule has 0 fully saturated rings. The molecule has 0 saturated carbocycles. The number of rotatable bonds is 3. The lowest BCUT2D eigenvalue weighted by Crippen LogP contribution is -2.28. The van der Waals surface area contributed by atoms with Gasteiger partial charge in [0.05, 0.1) is 5.56 Å².